The average molecular weight is 220 g/mol. The molecule has 0 bridgehead atoms. The van der Waals surface area contributed by atoms with Gasteiger partial charge in [-0.25, -0.2) is 0 Å². The Kier molecular flexibility index (Phi) is 3.73. The highest BCUT2D eigenvalue weighted by atomic mass is 16.3. The predicted octanol–water partition coefficient (Wildman–Crippen LogP) is 2.24. The first kappa shape index (κ1) is 12.3. The highest BCUT2D eigenvalue weighted by Crippen LogP contribution is 2.20. The average Bonchev–Trinajstić information content (AvgIpc) is 2.41. The molecule has 1 N–H and O–H groups in total. The standard InChI is InChI=1S/C12H16N2O2/c1-7(5-6-13)14-12(15)11-8(2)9(3)16-10(11)4/h7H,5H2,1-4H3,(H,14,15). The van der Waals surface area contributed by atoms with E-state index in [1.54, 1.807) is 13.8 Å². The van der Waals surface area contributed by atoms with Crippen LogP contribution >= 0.6 is 0 Å². The smallest absolute Gasteiger partial charge is 0.255 e. The summed E-state index contributed by atoms with van der Waals surface area (Å²) in [5.74, 6) is 1.21. The van der Waals surface area contributed by atoms with Gasteiger partial charge in [0.2, 0.25) is 0 Å². The summed E-state index contributed by atoms with van der Waals surface area (Å²) in [6.07, 6.45) is 0.306. The second-order valence-electron chi connectivity index (χ2n) is 3.95. The summed E-state index contributed by atoms with van der Waals surface area (Å²) in [5, 5.41) is 11.3. The van der Waals surface area contributed by atoms with Gasteiger partial charge in [0, 0.05) is 11.6 Å². The number of hydrogen-bond donors (Lipinski definition) is 1. The Bertz CT molecular complexity index is 441. The second kappa shape index (κ2) is 4.84. The number of hydrogen-bond acceptors (Lipinski definition) is 3. The van der Waals surface area contributed by atoms with Crippen LogP contribution in [0.5, 0.6) is 0 Å². The monoisotopic (exact) mass is 220 g/mol. The fraction of sp³-hybridized carbons (Fsp3) is 0.500. The normalized spacial score (nSPS) is 11.9. The fourth-order valence-corrected chi connectivity index (χ4v) is 1.61. The van der Waals surface area contributed by atoms with Crippen LogP contribution in [0.1, 0.15) is 40.8 Å². The predicted molar refractivity (Wildman–Crippen MR) is 60.1 cm³/mol. The van der Waals surface area contributed by atoms with Gasteiger partial charge >= 0.3 is 0 Å². The maximum atomic E-state index is 11.9. The molecule has 1 aromatic heterocycles. The molecule has 0 aliphatic carbocycles. The van der Waals surface area contributed by atoms with Crippen molar-refractivity contribution >= 4 is 5.91 Å². The molecule has 16 heavy (non-hydrogen) atoms. The zero-order chi connectivity index (χ0) is 12.3. The van der Waals surface area contributed by atoms with Crippen molar-refractivity contribution in [1.29, 1.82) is 5.26 Å². The van der Waals surface area contributed by atoms with Crippen LogP contribution in [-0.2, 0) is 0 Å². The van der Waals surface area contributed by atoms with E-state index in [-0.39, 0.29) is 11.9 Å². The quantitative estimate of drug-likeness (QED) is 0.849. The number of nitriles is 1. The van der Waals surface area contributed by atoms with E-state index in [0.29, 0.717) is 17.7 Å². The molecule has 4 heteroatoms. The van der Waals surface area contributed by atoms with Gasteiger partial charge in [-0.2, -0.15) is 5.26 Å². The number of carbonyl (C=O) groups excluding carboxylic acids is 1. The number of nitrogens with one attached hydrogen (secondary N) is 1. The first-order valence-corrected chi connectivity index (χ1v) is 5.21. The molecule has 0 spiro atoms. The molecule has 1 unspecified atom stereocenters. The third-order valence-electron chi connectivity index (χ3n) is 2.56. The number of amides is 1. The van der Waals surface area contributed by atoms with Crippen LogP contribution in [0, 0.1) is 32.1 Å². The molecule has 1 aromatic rings. The summed E-state index contributed by atoms with van der Waals surface area (Å²) < 4.78 is 5.38. The van der Waals surface area contributed by atoms with Gasteiger partial charge in [-0.1, -0.05) is 0 Å². The van der Waals surface area contributed by atoms with Crippen molar-refractivity contribution in [3.63, 3.8) is 0 Å². The fourth-order valence-electron chi connectivity index (χ4n) is 1.61. The maximum Gasteiger partial charge on any atom is 0.255 e. The van der Waals surface area contributed by atoms with Gasteiger partial charge in [0.1, 0.15) is 11.5 Å². The molecular formula is C12H16N2O2. The van der Waals surface area contributed by atoms with Gasteiger partial charge in [0.25, 0.3) is 5.91 Å². The van der Waals surface area contributed by atoms with Crippen molar-refractivity contribution in [3.8, 4) is 6.07 Å². The topological polar surface area (TPSA) is 66.0 Å². The van der Waals surface area contributed by atoms with Gasteiger partial charge in [0.05, 0.1) is 18.1 Å². The second-order valence-corrected chi connectivity index (χ2v) is 3.95. The van der Waals surface area contributed by atoms with Crippen LogP contribution in [0.3, 0.4) is 0 Å². The zero-order valence-corrected chi connectivity index (χ0v) is 10.0. The lowest BCUT2D eigenvalue weighted by Crippen LogP contribution is -2.32. The molecule has 1 rings (SSSR count). The molecule has 1 atom stereocenters. The summed E-state index contributed by atoms with van der Waals surface area (Å²) in [4.78, 5) is 11.9. The molecule has 0 aromatic carbocycles. The van der Waals surface area contributed by atoms with Crippen LogP contribution in [0.2, 0.25) is 0 Å². The molecule has 1 amide bonds. The van der Waals surface area contributed by atoms with Crippen molar-refractivity contribution in [2.45, 2.75) is 40.2 Å². The maximum absolute atomic E-state index is 11.9. The van der Waals surface area contributed by atoms with Crippen molar-refractivity contribution in [2.24, 2.45) is 0 Å². The van der Waals surface area contributed by atoms with Crippen LogP contribution < -0.4 is 5.32 Å². The van der Waals surface area contributed by atoms with E-state index in [0.717, 1.165) is 11.3 Å². The Labute approximate surface area is 95.2 Å². The van der Waals surface area contributed by atoms with E-state index >= 15 is 0 Å². The summed E-state index contributed by atoms with van der Waals surface area (Å²) in [5.41, 5.74) is 1.45. The summed E-state index contributed by atoms with van der Waals surface area (Å²) in [6, 6.07) is 1.87. The summed E-state index contributed by atoms with van der Waals surface area (Å²) in [7, 11) is 0. The van der Waals surface area contributed by atoms with Gasteiger partial charge in [-0.15, -0.1) is 0 Å². The molecular weight excluding hydrogens is 204 g/mol. The minimum absolute atomic E-state index is 0.147. The Morgan fingerprint density at radius 1 is 1.44 bits per heavy atom. The lowest BCUT2D eigenvalue weighted by Gasteiger charge is -2.10. The van der Waals surface area contributed by atoms with Crippen molar-refractivity contribution in [2.75, 3.05) is 0 Å². The third kappa shape index (κ3) is 2.43. The number of nitrogens with zero attached hydrogens (tertiary/aromatic N) is 1. The molecule has 0 fully saturated rings. The third-order valence-corrected chi connectivity index (χ3v) is 2.56. The van der Waals surface area contributed by atoms with E-state index < -0.39 is 0 Å². The van der Waals surface area contributed by atoms with Gasteiger partial charge < -0.3 is 9.73 Å². The Morgan fingerprint density at radius 2 is 2.06 bits per heavy atom. The van der Waals surface area contributed by atoms with Crippen LogP contribution in [0.4, 0.5) is 0 Å². The number of aryl methyl sites for hydroxylation is 2. The molecule has 4 nitrogen and oxygen atoms in total. The lowest BCUT2D eigenvalue weighted by molar-refractivity contribution is 0.0939. The molecule has 0 radical (unpaired) electrons. The van der Waals surface area contributed by atoms with E-state index in [9.17, 15) is 4.79 Å². The number of furan rings is 1. The SMILES string of the molecule is Cc1oc(C)c(C(=O)NC(C)CC#N)c1C. The molecule has 0 aliphatic heterocycles. The Morgan fingerprint density at radius 3 is 2.50 bits per heavy atom. The Hall–Kier alpha value is -1.76. The highest BCUT2D eigenvalue weighted by Gasteiger charge is 2.19. The van der Waals surface area contributed by atoms with Crippen molar-refractivity contribution in [1.82, 2.24) is 5.32 Å². The summed E-state index contributed by atoms with van der Waals surface area (Å²) in [6.45, 7) is 7.26. The highest BCUT2D eigenvalue weighted by molar-refractivity contribution is 5.97. The van der Waals surface area contributed by atoms with E-state index in [2.05, 4.69) is 5.32 Å². The minimum Gasteiger partial charge on any atom is -0.466 e. The van der Waals surface area contributed by atoms with Crippen molar-refractivity contribution in [3.05, 3.63) is 22.6 Å². The number of rotatable bonds is 3. The van der Waals surface area contributed by atoms with Crippen LogP contribution in [-0.4, -0.2) is 11.9 Å². The molecule has 0 saturated carbocycles. The van der Waals surface area contributed by atoms with E-state index in [1.165, 1.54) is 0 Å². The first-order chi connectivity index (χ1) is 7.47. The van der Waals surface area contributed by atoms with Crippen molar-refractivity contribution < 1.29 is 9.21 Å². The number of carbonyl (C=O) groups is 1. The largest absolute Gasteiger partial charge is 0.466 e. The molecule has 86 valence electrons. The van der Waals surface area contributed by atoms with Crippen LogP contribution in [0.25, 0.3) is 0 Å². The molecule has 0 aliphatic rings. The lowest BCUT2D eigenvalue weighted by atomic mass is 10.1. The van der Waals surface area contributed by atoms with Crippen LogP contribution in [0.15, 0.2) is 4.42 Å². The summed E-state index contributed by atoms with van der Waals surface area (Å²) >= 11 is 0. The van der Waals surface area contributed by atoms with Gasteiger partial charge in [-0.3, -0.25) is 4.79 Å². The van der Waals surface area contributed by atoms with E-state index in [1.807, 2.05) is 19.9 Å². The Balaban J connectivity index is 2.85. The van der Waals surface area contributed by atoms with E-state index in [4.69, 9.17) is 9.68 Å². The molecule has 0 saturated heterocycles. The zero-order valence-electron chi connectivity index (χ0n) is 10.0. The van der Waals surface area contributed by atoms with Gasteiger partial charge in [0.15, 0.2) is 0 Å². The van der Waals surface area contributed by atoms with Gasteiger partial charge in [-0.05, 0) is 27.7 Å². The first-order valence-electron chi connectivity index (χ1n) is 5.21. The molecule has 1 heterocycles. The minimum atomic E-state index is -0.172.